The van der Waals surface area contributed by atoms with E-state index in [4.69, 9.17) is 4.74 Å². The second-order valence-corrected chi connectivity index (χ2v) is 3.88. The SMILES string of the molecule is COC(=O)C1CC1c1ccc(C)cc1. The summed E-state index contributed by atoms with van der Waals surface area (Å²) in [7, 11) is 1.45. The third kappa shape index (κ3) is 1.65. The van der Waals surface area contributed by atoms with E-state index in [1.54, 1.807) is 0 Å². The molecule has 0 aromatic heterocycles. The molecule has 0 aliphatic heterocycles. The molecule has 0 N–H and O–H groups in total. The van der Waals surface area contributed by atoms with Gasteiger partial charge in [-0.3, -0.25) is 4.79 Å². The smallest absolute Gasteiger partial charge is 0.309 e. The molecule has 1 aliphatic rings. The number of hydrogen-bond acceptors (Lipinski definition) is 2. The molecule has 2 unspecified atom stereocenters. The molecule has 0 spiro atoms. The van der Waals surface area contributed by atoms with E-state index >= 15 is 0 Å². The molecule has 1 fully saturated rings. The maximum absolute atomic E-state index is 11.2. The van der Waals surface area contributed by atoms with E-state index in [9.17, 15) is 4.79 Å². The highest BCUT2D eigenvalue weighted by molar-refractivity contribution is 5.77. The molecule has 0 heterocycles. The monoisotopic (exact) mass is 190 g/mol. The zero-order valence-electron chi connectivity index (χ0n) is 8.49. The van der Waals surface area contributed by atoms with E-state index in [2.05, 4.69) is 31.2 Å². The second-order valence-electron chi connectivity index (χ2n) is 3.88. The third-order valence-corrected chi connectivity index (χ3v) is 2.80. The van der Waals surface area contributed by atoms with Crippen molar-refractivity contribution in [1.29, 1.82) is 0 Å². The molecular formula is C12H14O2. The first-order valence-electron chi connectivity index (χ1n) is 4.87. The van der Waals surface area contributed by atoms with Crippen LogP contribution in [0.15, 0.2) is 24.3 Å². The fourth-order valence-corrected chi connectivity index (χ4v) is 1.79. The fraction of sp³-hybridized carbons (Fsp3) is 0.417. The Morgan fingerprint density at radius 1 is 1.36 bits per heavy atom. The maximum Gasteiger partial charge on any atom is 0.309 e. The topological polar surface area (TPSA) is 26.3 Å². The molecule has 2 atom stereocenters. The van der Waals surface area contributed by atoms with Gasteiger partial charge in [-0.2, -0.15) is 0 Å². The summed E-state index contributed by atoms with van der Waals surface area (Å²) in [4.78, 5) is 11.2. The number of methoxy groups -OCH3 is 1. The average molecular weight is 190 g/mol. The van der Waals surface area contributed by atoms with Crippen LogP contribution in [0.4, 0.5) is 0 Å². The van der Waals surface area contributed by atoms with Crippen LogP contribution in [0, 0.1) is 12.8 Å². The van der Waals surface area contributed by atoms with Crippen molar-refractivity contribution >= 4 is 5.97 Å². The van der Waals surface area contributed by atoms with Gasteiger partial charge in [-0.25, -0.2) is 0 Å². The summed E-state index contributed by atoms with van der Waals surface area (Å²) < 4.78 is 4.71. The molecule has 1 saturated carbocycles. The van der Waals surface area contributed by atoms with E-state index in [1.807, 2.05) is 0 Å². The van der Waals surface area contributed by atoms with E-state index in [0.717, 1.165) is 6.42 Å². The molecule has 0 radical (unpaired) electrons. The third-order valence-electron chi connectivity index (χ3n) is 2.80. The van der Waals surface area contributed by atoms with Crippen LogP contribution in [0.5, 0.6) is 0 Å². The Hall–Kier alpha value is -1.31. The molecule has 1 aromatic carbocycles. The van der Waals surface area contributed by atoms with Crippen LogP contribution in [0.3, 0.4) is 0 Å². The van der Waals surface area contributed by atoms with Gasteiger partial charge in [0.2, 0.25) is 0 Å². The highest BCUT2D eigenvalue weighted by Gasteiger charge is 2.44. The lowest BCUT2D eigenvalue weighted by Gasteiger charge is -2.00. The number of rotatable bonds is 2. The molecule has 14 heavy (non-hydrogen) atoms. The van der Waals surface area contributed by atoms with Crippen LogP contribution >= 0.6 is 0 Å². The van der Waals surface area contributed by atoms with Crippen molar-refractivity contribution in [3.8, 4) is 0 Å². The van der Waals surface area contributed by atoms with Gasteiger partial charge >= 0.3 is 5.97 Å². The van der Waals surface area contributed by atoms with Gasteiger partial charge in [0.15, 0.2) is 0 Å². The number of esters is 1. The summed E-state index contributed by atoms with van der Waals surface area (Å²) in [6, 6.07) is 8.37. The van der Waals surface area contributed by atoms with Gasteiger partial charge in [0, 0.05) is 0 Å². The van der Waals surface area contributed by atoms with Crippen molar-refractivity contribution in [2.45, 2.75) is 19.3 Å². The number of aryl methyl sites for hydroxylation is 1. The minimum atomic E-state index is -0.0735. The minimum absolute atomic E-state index is 0.0735. The molecule has 1 aromatic rings. The Balaban J connectivity index is 2.06. The Kier molecular flexibility index (Phi) is 2.28. The highest BCUT2D eigenvalue weighted by Crippen LogP contribution is 2.47. The minimum Gasteiger partial charge on any atom is -0.469 e. The van der Waals surface area contributed by atoms with Crippen LogP contribution in [0.2, 0.25) is 0 Å². The first kappa shape index (κ1) is 9.25. The van der Waals surface area contributed by atoms with E-state index in [0.29, 0.717) is 5.92 Å². The van der Waals surface area contributed by atoms with Crippen LogP contribution < -0.4 is 0 Å². The first-order chi connectivity index (χ1) is 6.72. The predicted molar refractivity (Wildman–Crippen MR) is 54.0 cm³/mol. The Labute approximate surface area is 83.9 Å². The van der Waals surface area contributed by atoms with Crippen LogP contribution in [-0.4, -0.2) is 13.1 Å². The maximum atomic E-state index is 11.2. The van der Waals surface area contributed by atoms with Crippen LogP contribution in [-0.2, 0) is 9.53 Å². The fourth-order valence-electron chi connectivity index (χ4n) is 1.79. The molecule has 0 bridgehead atoms. The van der Waals surface area contributed by atoms with E-state index < -0.39 is 0 Å². The molecule has 2 heteroatoms. The van der Waals surface area contributed by atoms with E-state index in [1.165, 1.54) is 18.2 Å². The summed E-state index contributed by atoms with van der Waals surface area (Å²) in [5.74, 6) is 0.418. The summed E-state index contributed by atoms with van der Waals surface area (Å²) in [5.41, 5.74) is 2.51. The number of ether oxygens (including phenoxy) is 1. The quantitative estimate of drug-likeness (QED) is 0.669. The number of hydrogen-bond donors (Lipinski definition) is 0. The molecule has 0 amide bonds. The van der Waals surface area contributed by atoms with Crippen molar-refractivity contribution in [3.05, 3.63) is 35.4 Å². The van der Waals surface area contributed by atoms with Crippen molar-refractivity contribution in [2.24, 2.45) is 5.92 Å². The lowest BCUT2D eigenvalue weighted by Crippen LogP contribution is -2.03. The van der Waals surface area contributed by atoms with Crippen molar-refractivity contribution < 1.29 is 9.53 Å². The van der Waals surface area contributed by atoms with Crippen molar-refractivity contribution in [2.75, 3.05) is 7.11 Å². The van der Waals surface area contributed by atoms with Gasteiger partial charge in [-0.05, 0) is 24.8 Å². The van der Waals surface area contributed by atoms with Gasteiger partial charge in [0.25, 0.3) is 0 Å². The second kappa shape index (κ2) is 3.45. The number of benzene rings is 1. The molecule has 74 valence electrons. The summed E-state index contributed by atoms with van der Waals surface area (Å²) in [6.07, 6.45) is 0.940. The summed E-state index contributed by atoms with van der Waals surface area (Å²) in [6.45, 7) is 2.06. The summed E-state index contributed by atoms with van der Waals surface area (Å²) >= 11 is 0. The van der Waals surface area contributed by atoms with Gasteiger partial charge < -0.3 is 4.74 Å². The van der Waals surface area contributed by atoms with Gasteiger partial charge in [0.1, 0.15) is 0 Å². The Morgan fingerprint density at radius 3 is 2.57 bits per heavy atom. The zero-order valence-corrected chi connectivity index (χ0v) is 8.49. The Bertz CT molecular complexity index is 340. The number of carbonyl (C=O) groups excluding carboxylic acids is 1. The van der Waals surface area contributed by atoms with Crippen molar-refractivity contribution in [1.82, 2.24) is 0 Å². The molecule has 0 saturated heterocycles. The van der Waals surface area contributed by atoms with Crippen LogP contribution in [0.25, 0.3) is 0 Å². The zero-order chi connectivity index (χ0) is 10.1. The molecule has 2 rings (SSSR count). The molecular weight excluding hydrogens is 176 g/mol. The normalized spacial score (nSPS) is 24.4. The van der Waals surface area contributed by atoms with E-state index in [-0.39, 0.29) is 11.9 Å². The van der Waals surface area contributed by atoms with Crippen LogP contribution in [0.1, 0.15) is 23.5 Å². The molecule has 2 nitrogen and oxygen atoms in total. The summed E-state index contributed by atoms with van der Waals surface area (Å²) in [5, 5.41) is 0. The predicted octanol–water partition coefficient (Wildman–Crippen LogP) is 2.27. The lowest BCUT2D eigenvalue weighted by atomic mass is 10.1. The highest BCUT2D eigenvalue weighted by atomic mass is 16.5. The molecule has 1 aliphatic carbocycles. The number of carbonyl (C=O) groups is 1. The van der Waals surface area contributed by atoms with Gasteiger partial charge in [-0.15, -0.1) is 0 Å². The largest absolute Gasteiger partial charge is 0.469 e. The van der Waals surface area contributed by atoms with Gasteiger partial charge in [-0.1, -0.05) is 29.8 Å². The first-order valence-corrected chi connectivity index (χ1v) is 4.87. The van der Waals surface area contributed by atoms with Gasteiger partial charge in [0.05, 0.1) is 13.0 Å². The average Bonchev–Trinajstić information content (AvgIpc) is 2.98. The lowest BCUT2D eigenvalue weighted by molar-refractivity contribution is -0.142. The van der Waals surface area contributed by atoms with Crippen molar-refractivity contribution in [3.63, 3.8) is 0 Å². The standard InChI is InChI=1S/C12H14O2/c1-8-3-5-9(6-4-8)10-7-11(10)12(13)14-2/h3-6,10-11H,7H2,1-2H3. The Morgan fingerprint density at radius 2 is 2.00 bits per heavy atom.